The number of benzene rings is 3. The molecule has 0 spiro atoms. The number of hydrogen-bond donors (Lipinski definition) is 0. The minimum Gasteiger partial charge on any atom is -0.0622 e. The van der Waals surface area contributed by atoms with Gasteiger partial charge in [0.2, 0.25) is 0 Å². The van der Waals surface area contributed by atoms with Gasteiger partial charge >= 0.3 is 10.3 Å². The zero-order chi connectivity index (χ0) is 15.5. The van der Waals surface area contributed by atoms with Gasteiger partial charge in [-0.05, 0) is 23.3 Å². The van der Waals surface area contributed by atoms with E-state index in [0.717, 1.165) is 0 Å². The van der Waals surface area contributed by atoms with Crippen LogP contribution in [0.5, 0.6) is 0 Å². The molecule has 0 aliphatic carbocycles. The molecule has 0 aliphatic rings. The van der Waals surface area contributed by atoms with E-state index in [2.05, 4.69) is 91.0 Å². The van der Waals surface area contributed by atoms with Gasteiger partial charge in [-0.15, -0.1) is 0 Å². The highest BCUT2D eigenvalue weighted by Gasteiger charge is 2.27. The van der Waals surface area contributed by atoms with Crippen LogP contribution in [0.3, 0.4) is 0 Å². The molecule has 0 amide bonds. The first-order chi connectivity index (χ1) is 11.4. The second-order valence-corrected chi connectivity index (χ2v) is 7.45. The first kappa shape index (κ1) is 14.3. The molecule has 1 aromatic heterocycles. The largest absolute Gasteiger partial charge is 0.301 e. The summed E-state index contributed by atoms with van der Waals surface area (Å²) in [6, 6.07) is 32.1. The Labute approximate surface area is 143 Å². The van der Waals surface area contributed by atoms with Crippen LogP contribution in [0.25, 0.3) is 32.0 Å². The van der Waals surface area contributed by atoms with Crippen molar-refractivity contribution in [2.45, 2.75) is 0 Å². The maximum absolute atomic E-state index is 2.20. The Balaban J connectivity index is 1.97. The Bertz CT molecular complexity index is 838. The standard InChI is InChI=1S/C21H15S2/c1-4-10-16(11-5-1)19-20(17-12-6-2-7-13-17)22-23-21(19)18-14-8-3-9-15-18/h1-15H/q+1. The van der Waals surface area contributed by atoms with E-state index in [1.165, 1.54) is 32.0 Å². The van der Waals surface area contributed by atoms with E-state index in [-0.39, 0.29) is 0 Å². The van der Waals surface area contributed by atoms with Crippen molar-refractivity contribution in [1.29, 1.82) is 0 Å². The van der Waals surface area contributed by atoms with Gasteiger partial charge in [0.25, 0.3) is 4.88 Å². The molecule has 110 valence electrons. The van der Waals surface area contributed by atoms with Crippen molar-refractivity contribution in [2.75, 3.05) is 0 Å². The van der Waals surface area contributed by atoms with E-state index in [0.29, 0.717) is 0 Å². The summed E-state index contributed by atoms with van der Waals surface area (Å²) in [5, 5.41) is 0. The van der Waals surface area contributed by atoms with Gasteiger partial charge in [0.15, 0.2) is 10.3 Å². The summed E-state index contributed by atoms with van der Waals surface area (Å²) < 4.78 is 0. The van der Waals surface area contributed by atoms with Gasteiger partial charge in [0, 0.05) is 5.56 Å². The molecule has 2 heteroatoms. The van der Waals surface area contributed by atoms with Gasteiger partial charge in [-0.25, -0.2) is 0 Å². The highest BCUT2D eigenvalue weighted by Crippen LogP contribution is 2.47. The highest BCUT2D eigenvalue weighted by atomic mass is 32.9. The van der Waals surface area contributed by atoms with Gasteiger partial charge < -0.3 is 0 Å². The van der Waals surface area contributed by atoms with Crippen LogP contribution in [0.4, 0.5) is 0 Å². The van der Waals surface area contributed by atoms with Crippen molar-refractivity contribution < 1.29 is 0 Å². The second-order valence-electron chi connectivity index (χ2n) is 5.30. The van der Waals surface area contributed by atoms with Gasteiger partial charge in [0.1, 0.15) is 4.88 Å². The first-order valence-electron chi connectivity index (χ1n) is 7.56. The predicted molar refractivity (Wildman–Crippen MR) is 103 cm³/mol. The molecule has 0 radical (unpaired) electrons. The number of hydrogen-bond acceptors (Lipinski definition) is 1. The summed E-state index contributed by atoms with van der Waals surface area (Å²) in [6.45, 7) is 0. The average Bonchev–Trinajstić information content (AvgIpc) is 3.09. The lowest BCUT2D eigenvalue weighted by atomic mass is 9.98. The Kier molecular flexibility index (Phi) is 4.01. The van der Waals surface area contributed by atoms with Crippen LogP contribution >= 0.6 is 20.7 Å². The number of rotatable bonds is 3. The molecular weight excluding hydrogens is 316 g/mol. The zero-order valence-electron chi connectivity index (χ0n) is 12.5. The third kappa shape index (κ3) is 2.83. The van der Waals surface area contributed by atoms with Crippen molar-refractivity contribution in [3.8, 4) is 32.0 Å². The molecule has 4 rings (SSSR count). The van der Waals surface area contributed by atoms with Crippen LogP contribution in [0.2, 0.25) is 0 Å². The highest BCUT2D eigenvalue weighted by molar-refractivity contribution is 7.72. The molecule has 0 N–H and O–H groups in total. The molecule has 0 saturated heterocycles. The van der Waals surface area contributed by atoms with Gasteiger partial charge in [-0.1, -0.05) is 78.9 Å². The summed E-state index contributed by atoms with van der Waals surface area (Å²) in [5.74, 6) is 0. The monoisotopic (exact) mass is 331 g/mol. The minimum absolute atomic E-state index is 1.28. The van der Waals surface area contributed by atoms with Gasteiger partial charge in [-0.2, -0.15) is 0 Å². The lowest BCUT2D eigenvalue weighted by Crippen LogP contribution is -1.83. The molecule has 1 heterocycles. The fraction of sp³-hybridized carbons (Fsp3) is 0. The normalized spacial score (nSPS) is 10.6. The van der Waals surface area contributed by atoms with E-state index in [1.807, 2.05) is 20.7 Å². The molecule has 0 saturated carbocycles. The molecular formula is C21H15S2+. The fourth-order valence-electron chi connectivity index (χ4n) is 2.70. The van der Waals surface area contributed by atoms with Crippen molar-refractivity contribution in [1.82, 2.24) is 0 Å². The zero-order valence-corrected chi connectivity index (χ0v) is 14.1. The van der Waals surface area contributed by atoms with Gasteiger partial charge in [0.05, 0.1) is 5.56 Å². The molecule has 3 aromatic carbocycles. The molecule has 4 aromatic rings. The predicted octanol–water partition coefficient (Wildman–Crippen LogP) is 7.09. The van der Waals surface area contributed by atoms with Crippen LogP contribution in [-0.2, 0) is 0 Å². The molecule has 0 unspecified atom stereocenters. The lowest BCUT2D eigenvalue weighted by Gasteiger charge is -2.03. The Morgan fingerprint density at radius 3 is 1.57 bits per heavy atom. The molecule has 0 fully saturated rings. The SMILES string of the molecule is c1ccc(-c2s[s+]c(-c3ccccc3)c2-c2ccccc2)cc1. The van der Waals surface area contributed by atoms with Crippen LogP contribution < -0.4 is 0 Å². The second kappa shape index (κ2) is 6.45. The fourth-order valence-corrected chi connectivity index (χ4v) is 5.58. The summed E-state index contributed by atoms with van der Waals surface area (Å²) >= 11 is 0. The van der Waals surface area contributed by atoms with E-state index >= 15 is 0 Å². The van der Waals surface area contributed by atoms with Crippen LogP contribution in [0.15, 0.2) is 91.0 Å². The third-order valence-corrected chi connectivity index (χ3v) is 6.34. The maximum atomic E-state index is 2.20. The molecule has 0 nitrogen and oxygen atoms in total. The summed E-state index contributed by atoms with van der Waals surface area (Å²) in [4.78, 5) is 2.70. The minimum atomic E-state index is 1.28. The maximum Gasteiger partial charge on any atom is 0.301 e. The van der Waals surface area contributed by atoms with Crippen LogP contribution in [-0.4, -0.2) is 0 Å². The Morgan fingerprint density at radius 2 is 1.00 bits per heavy atom. The van der Waals surface area contributed by atoms with E-state index in [9.17, 15) is 0 Å². The quantitative estimate of drug-likeness (QED) is 0.277. The van der Waals surface area contributed by atoms with Crippen molar-refractivity contribution in [2.24, 2.45) is 0 Å². The lowest BCUT2D eigenvalue weighted by molar-refractivity contribution is 1.64. The van der Waals surface area contributed by atoms with Crippen molar-refractivity contribution >= 4 is 20.7 Å². The molecule has 0 aliphatic heterocycles. The molecule has 23 heavy (non-hydrogen) atoms. The smallest absolute Gasteiger partial charge is 0.0622 e. The van der Waals surface area contributed by atoms with E-state index in [4.69, 9.17) is 0 Å². The van der Waals surface area contributed by atoms with E-state index in [1.54, 1.807) is 0 Å². The van der Waals surface area contributed by atoms with Crippen LogP contribution in [0.1, 0.15) is 0 Å². The molecule has 0 bridgehead atoms. The Morgan fingerprint density at radius 1 is 0.522 bits per heavy atom. The average molecular weight is 331 g/mol. The summed E-state index contributed by atoms with van der Waals surface area (Å²) in [6.07, 6.45) is 0. The first-order valence-corrected chi connectivity index (χ1v) is 9.71. The van der Waals surface area contributed by atoms with Gasteiger partial charge in [-0.3, -0.25) is 0 Å². The van der Waals surface area contributed by atoms with Crippen LogP contribution in [0, 0.1) is 0 Å². The summed E-state index contributed by atoms with van der Waals surface area (Å²) in [5.41, 5.74) is 5.20. The van der Waals surface area contributed by atoms with Crippen molar-refractivity contribution in [3.05, 3.63) is 91.0 Å². The van der Waals surface area contributed by atoms with Crippen molar-refractivity contribution in [3.63, 3.8) is 0 Å². The molecule has 0 atom stereocenters. The third-order valence-electron chi connectivity index (χ3n) is 3.80. The summed E-state index contributed by atoms with van der Waals surface area (Å²) in [7, 11) is 3.72. The topological polar surface area (TPSA) is 0 Å². The van der Waals surface area contributed by atoms with E-state index < -0.39 is 0 Å². The Hall–Kier alpha value is -2.29.